The van der Waals surface area contributed by atoms with Crippen molar-refractivity contribution in [1.29, 1.82) is 0 Å². The molecule has 0 spiro atoms. The zero-order valence-corrected chi connectivity index (χ0v) is 9.94. The summed E-state index contributed by atoms with van der Waals surface area (Å²) in [6.45, 7) is 5.04. The van der Waals surface area contributed by atoms with Gasteiger partial charge in [0.1, 0.15) is 17.5 Å². The molecule has 0 aliphatic rings. The van der Waals surface area contributed by atoms with E-state index in [4.69, 9.17) is 0 Å². The van der Waals surface area contributed by atoms with E-state index in [1.807, 2.05) is 18.5 Å². The predicted octanol–water partition coefficient (Wildman–Crippen LogP) is 2.15. The summed E-state index contributed by atoms with van der Waals surface area (Å²) in [6, 6.07) is 6.63. The van der Waals surface area contributed by atoms with Gasteiger partial charge in [-0.1, -0.05) is 12.1 Å². The first-order chi connectivity index (χ1) is 8.16. The van der Waals surface area contributed by atoms with Gasteiger partial charge in [-0.15, -0.1) is 0 Å². The van der Waals surface area contributed by atoms with Gasteiger partial charge in [-0.05, 0) is 26.0 Å². The van der Waals surface area contributed by atoms with Crippen molar-refractivity contribution in [3.05, 3.63) is 41.7 Å². The average Bonchev–Trinajstić information content (AvgIpc) is 2.60. The fourth-order valence-corrected chi connectivity index (χ4v) is 1.67. The number of aromatic nitrogens is 3. The lowest BCUT2D eigenvalue weighted by molar-refractivity contribution is 0.604. The molecule has 0 unspecified atom stereocenters. The van der Waals surface area contributed by atoms with Crippen LogP contribution in [0.4, 0.5) is 10.1 Å². The molecule has 0 aliphatic heterocycles. The number of aryl methyl sites for hydroxylation is 2. The number of rotatable bonds is 4. The van der Waals surface area contributed by atoms with Crippen LogP contribution in [-0.4, -0.2) is 21.3 Å². The molecule has 0 aliphatic carbocycles. The highest BCUT2D eigenvalue weighted by Gasteiger charge is 2.03. The molecule has 0 fully saturated rings. The maximum absolute atomic E-state index is 13.3. The van der Waals surface area contributed by atoms with E-state index >= 15 is 0 Å². The maximum Gasteiger partial charge on any atom is 0.147 e. The van der Waals surface area contributed by atoms with E-state index in [0.717, 1.165) is 11.6 Å². The monoisotopic (exact) mass is 234 g/mol. The van der Waals surface area contributed by atoms with E-state index in [2.05, 4.69) is 15.4 Å². The van der Waals surface area contributed by atoms with E-state index in [0.29, 0.717) is 18.8 Å². The number of nitrogens with one attached hydrogen (secondary N) is 1. The number of benzene rings is 1. The van der Waals surface area contributed by atoms with Crippen molar-refractivity contribution in [2.45, 2.75) is 20.4 Å². The summed E-state index contributed by atoms with van der Waals surface area (Å²) >= 11 is 0. The second-order valence-corrected chi connectivity index (χ2v) is 3.84. The Hall–Kier alpha value is -1.91. The molecule has 17 heavy (non-hydrogen) atoms. The highest BCUT2D eigenvalue weighted by atomic mass is 19.1. The zero-order valence-electron chi connectivity index (χ0n) is 9.94. The van der Waals surface area contributed by atoms with E-state index in [1.54, 1.807) is 18.2 Å². The van der Waals surface area contributed by atoms with E-state index in [1.165, 1.54) is 6.07 Å². The number of anilines is 1. The summed E-state index contributed by atoms with van der Waals surface area (Å²) in [5, 5.41) is 7.27. The first kappa shape index (κ1) is 11.6. The standard InChI is InChI=1S/C12H15FN4/c1-9-15-10(2)17(16-9)8-7-14-12-6-4-3-5-11(12)13/h3-6,14H,7-8H2,1-2H3. The van der Waals surface area contributed by atoms with Gasteiger partial charge in [0.15, 0.2) is 0 Å². The molecule has 0 amide bonds. The second kappa shape index (κ2) is 4.95. The molecule has 0 saturated carbocycles. The van der Waals surface area contributed by atoms with Gasteiger partial charge < -0.3 is 5.32 Å². The lowest BCUT2D eigenvalue weighted by Crippen LogP contribution is -2.13. The van der Waals surface area contributed by atoms with Crippen molar-refractivity contribution >= 4 is 5.69 Å². The third-order valence-corrected chi connectivity index (χ3v) is 2.48. The highest BCUT2D eigenvalue weighted by molar-refractivity contribution is 5.44. The molecule has 2 aromatic rings. The van der Waals surface area contributed by atoms with Crippen LogP contribution in [0.3, 0.4) is 0 Å². The largest absolute Gasteiger partial charge is 0.381 e. The second-order valence-electron chi connectivity index (χ2n) is 3.84. The van der Waals surface area contributed by atoms with Gasteiger partial charge in [-0.3, -0.25) is 0 Å². The highest BCUT2D eigenvalue weighted by Crippen LogP contribution is 2.11. The number of hydrogen-bond donors (Lipinski definition) is 1. The van der Waals surface area contributed by atoms with Crippen LogP contribution in [0.2, 0.25) is 0 Å². The minimum absolute atomic E-state index is 0.237. The van der Waals surface area contributed by atoms with Crippen molar-refractivity contribution < 1.29 is 4.39 Å². The fourth-order valence-electron chi connectivity index (χ4n) is 1.67. The van der Waals surface area contributed by atoms with Crippen LogP contribution in [0.1, 0.15) is 11.6 Å². The van der Waals surface area contributed by atoms with Crippen molar-refractivity contribution in [3.8, 4) is 0 Å². The van der Waals surface area contributed by atoms with Crippen LogP contribution >= 0.6 is 0 Å². The Kier molecular flexibility index (Phi) is 3.37. The number of nitrogens with zero attached hydrogens (tertiary/aromatic N) is 3. The Balaban J connectivity index is 1.92. The smallest absolute Gasteiger partial charge is 0.147 e. The Morgan fingerprint density at radius 1 is 1.29 bits per heavy atom. The number of para-hydroxylation sites is 1. The summed E-state index contributed by atoms with van der Waals surface area (Å²) < 4.78 is 15.1. The van der Waals surface area contributed by atoms with Crippen LogP contribution in [0.25, 0.3) is 0 Å². The Morgan fingerprint density at radius 2 is 2.06 bits per heavy atom. The molecule has 1 aromatic carbocycles. The summed E-state index contributed by atoms with van der Waals surface area (Å²) in [5.74, 6) is 1.39. The molecule has 90 valence electrons. The normalized spacial score (nSPS) is 10.5. The number of halogens is 1. The minimum atomic E-state index is -0.237. The SMILES string of the molecule is Cc1nc(C)n(CCNc2ccccc2F)n1. The van der Waals surface area contributed by atoms with Crippen molar-refractivity contribution in [3.63, 3.8) is 0 Å². The van der Waals surface area contributed by atoms with Crippen LogP contribution < -0.4 is 5.32 Å². The van der Waals surface area contributed by atoms with Gasteiger partial charge in [-0.25, -0.2) is 14.1 Å². The molecule has 4 nitrogen and oxygen atoms in total. The molecule has 5 heteroatoms. The van der Waals surface area contributed by atoms with E-state index in [-0.39, 0.29) is 5.82 Å². The molecule has 0 saturated heterocycles. The molecule has 0 radical (unpaired) electrons. The summed E-state index contributed by atoms with van der Waals surface area (Å²) in [5.41, 5.74) is 0.516. The quantitative estimate of drug-likeness (QED) is 0.881. The summed E-state index contributed by atoms with van der Waals surface area (Å²) in [7, 11) is 0. The van der Waals surface area contributed by atoms with Crippen LogP contribution in [-0.2, 0) is 6.54 Å². The topological polar surface area (TPSA) is 42.7 Å². The Bertz CT molecular complexity index is 507. The van der Waals surface area contributed by atoms with Gasteiger partial charge in [0, 0.05) is 6.54 Å². The average molecular weight is 234 g/mol. The van der Waals surface area contributed by atoms with E-state index in [9.17, 15) is 4.39 Å². The van der Waals surface area contributed by atoms with Gasteiger partial charge in [0.05, 0.1) is 12.2 Å². The first-order valence-corrected chi connectivity index (χ1v) is 5.53. The van der Waals surface area contributed by atoms with Crippen LogP contribution in [0.15, 0.2) is 24.3 Å². The third kappa shape index (κ3) is 2.81. The zero-order chi connectivity index (χ0) is 12.3. The number of hydrogen-bond acceptors (Lipinski definition) is 3. The molecular formula is C12H15FN4. The Labute approximate surface area is 99.5 Å². The molecule has 0 atom stereocenters. The third-order valence-electron chi connectivity index (χ3n) is 2.48. The molecule has 1 aromatic heterocycles. The first-order valence-electron chi connectivity index (χ1n) is 5.53. The van der Waals surface area contributed by atoms with Crippen LogP contribution in [0, 0.1) is 19.7 Å². The van der Waals surface area contributed by atoms with Gasteiger partial charge in [0.2, 0.25) is 0 Å². The summed E-state index contributed by atoms with van der Waals surface area (Å²) in [4.78, 5) is 4.20. The lowest BCUT2D eigenvalue weighted by Gasteiger charge is -2.07. The van der Waals surface area contributed by atoms with Gasteiger partial charge in [-0.2, -0.15) is 5.10 Å². The van der Waals surface area contributed by atoms with Crippen molar-refractivity contribution in [2.24, 2.45) is 0 Å². The molecule has 0 bridgehead atoms. The van der Waals surface area contributed by atoms with Gasteiger partial charge >= 0.3 is 0 Å². The van der Waals surface area contributed by atoms with Crippen molar-refractivity contribution in [1.82, 2.24) is 14.8 Å². The Morgan fingerprint density at radius 3 is 2.71 bits per heavy atom. The van der Waals surface area contributed by atoms with Crippen molar-refractivity contribution in [2.75, 3.05) is 11.9 Å². The van der Waals surface area contributed by atoms with Crippen LogP contribution in [0.5, 0.6) is 0 Å². The maximum atomic E-state index is 13.3. The fraction of sp³-hybridized carbons (Fsp3) is 0.333. The predicted molar refractivity (Wildman–Crippen MR) is 64.4 cm³/mol. The summed E-state index contributed by atoms with van der Waals surface area (Å²) in [6.07, 6.45) is 0. The molecule has 1 N–H and O–H groups in total. The van der Waals surface area contributed by atoms with E-state index < -0.39 is 0 Å². The molecule has 2 rings (SSSR count). The molecular weight excluding hydrogens is 219 g/mol. The lowest BCUT2D eigenvalue weighted by atomic mass is 10.3. The molecule has 1 heterocycles. The van der Waals surface area contributed by atoms with Gasteiger partial charge in [0.25, 0.3) is 0 Å². The minimum Gasteiger partial charge on any atom is -0.381 e.